The Morgan fingerprint density at radius 1 is 1.14 bits per heavy atom. The van der Waals surface area contributed by atoms with E-state index in [1.165, 1.54) is 0 Å². The lowest BCUT2D eigenvalue weighted by Crippen LogP contribution is -2.65. The third kappa shape index (κ3) is 5.01. The molecule has 0 saturated carbocycles. The molecule has 1 saturated heterocycles. The predicted molar refractivity (Wildman–Crippen MR) is 85.8 cm³/mol. The SMILES string of the molecule is CC(C)CC1NC(=O)C(C(C)C)N(CCC(C)(C)C)C1=O. The molecule has 0 radical (unpaired) electrons. The molecule has 2 amide bonds. The maximum Gasteiger partial charge on any atom is 0.245 e. The lowest BCUT2D eigenvalue weighted by molar-refractivity contribution is -0.152. The molecule has 4 heteroatoms. The Bertz CT molecular complexity index is 383. The molecule has 1 fully saturated rings. The second kappa shape index (κ2) is 6.80. The highest BCUT2D eigenvalue weighted by Gasteiger charge is 2.41. The number of nitrogens with one attached hydrogen (secondary N) is 1. The van der Waals surface area contributed by atoms with Crippen molar-refractivity contribution in [2.75, 3.05) is 6.54 Å². The second-order valence-electron chi connectivity index (χ2n) is 8.22. The molecular formula is C17H32N2O2. The highest BCUT2D eigenvalue weighted by molar-refractivity contribution is 5.97. The smallest absolute Gasteiger partial charge is 0.245 e. The van der Waals surface area contributed by atoms with E-state index in [1.54, 1.807) is 0 Å². The van der Waals surface area contributed by atoms with Crippen LogP contribution in [0.2, 0.25) is 0 Å². The molecule has 1 N–H and O–H groups in total. The third-order valence-electron chi connectivity index (χ3n) is 3.94. The molecule has 0 aromatic rings. The van der Waals surface area contributed by atoms with Crippen molar-refractivity contribution in [3.63, 3.8) is 0 Å². The van der Waals surface area contributed by atoms with Crippen LogP contribution < -0.4 is 5.32 Å². The van der Waals surface area contributed by atoms with Gasteiger partial charge in [0.25, 0.3) is 0 Å². The van der Waals surface area contributed by atoms with E-state index in [9.17, 15) is 9.59 Å². The minimum Gasteiger partial charge on any atom is -0.342 e. The quantitative estimate of drug-likeness (QED) is 0.848. The van der Waals surface area contributed by atoms with E-state index in [0.29, 0.717) is 18.9 Å². The molecule has 1 aliphatic rings. The Morgan fingerprint density at radius 3 is 2.14 bits per heavy atom. The highest BCUT2D eigenvalue weighted by Crippen LogP contribution is 2.25. The fraction of sp³-hybridized carbons (Fsp3) is 0.882. The van der Waals surface area contributed by atoms with Gasteiger partial charge in [0.1, 0.15) is 12.1 Å². The summed E-state index contributed by atoms with van der Waals surface area (Å²) in [6.07, 6.45) is 1.62. The number of hydrogen-bond acceptors (Lipinski definition) is 2. The van der Waals surface area contributed by atoms with Crippen LogP contribution in [0, 0.1) is 17.3 Å². The van der Waals surface area contributed by atoms with Crippen molar-refractivity contribution in [1.82, 2.24) is 10.2 Å². The van der Waals surface area contributed by atoms with Gasteiger partial charge in [0.15, 0.2) is 0 Å². The number of amides is 2. The summed E-state index contributed by atoms with van der Waals surface area (Å²) in [6, 6.07) is -0.685. The van der Waals surface area contributed by atoms with Gasteiger partial charge in [-0.05, 0) is 30.1 Å². The highest BCUT2D eigenvalue weighted by atomic mass is 16.2. The molecule has 2 unspecified atom stereocenters. The standard InChI is InChI=1S/C17H32N2O2/c1-11(2)10-13-16(21)19(9-8-17(5,6)7)14(12(3)4)15(20)18-13/h11-14H,8-10H2,1-7H3,(H,18,20). The average molecular weight is 296 g/mol. The number of carbonyl (C=O) groups is 2. The number of nitrogens with zero attached hydrogens (tertiary/aromatic N) is 1. The van der Waals surface area contributed by atoms with Crippen LogP contribution in [0.1, 0.15) is 61.3 Å². The van der Waals surface area contributed by atoms with Gasteiger partial charge in [-0.25, -0.2) is 0 Å². The molecule has 4 nitrogen and oxygen atoms in total. The lowest BCUT2D eigenvalue weighted by Gasteiger charge is -2.42. The van der Waals surface area contributed by atoms with Gasteiger partial charge in [-0.3, -0.25) is 9.59 Å². The molecular weight excluding hydrogens is 264 g/mol. The van der Waals surface area contributed by atoms with Gasteiger partial charge in [-0.2, -0.15) is 0 Å². The predicted octanol–water partition coefficient (Wildman–Crippen LogP) is 2.82. The van der Waals surface area contributed by atoms with Crippen molar-refractivity contribution in [3.8, 4) is 0 Å². The van der Waals surface area contributed by atoms with Crippen LogP contribution in [0.4, 0.5) is 0 Å². The summed E-state index contributed by atoms with van der Waals surface area (Å²) < 4.78 is 0. The summed E-state index contributed by atoms with van der Waals surface area (Å²) in [5.74, 6) is 0.614. The molecule has 1 heterocycles. The van der Waals surface area contributed by atoms with E-state index in [0.717, 1.165) is 6.42 Å². The maximum absolute atomic E-state index is 12.7. The molecule has 1 aliphatic heterocycles. The molecule has 1 rings (SSSR count). The van der Waals surface area contributed by atoms with Crippen molar-refractivity contribution >= 4 is 11.8 Å². The summed E-state index contributed by atoms with van der Waals surface area (Å²) in [4.78, 5) is 27.0. The van der Waals surface area contributed by atoms with E-state index in [4.69, 9.17) is 0 Å². The van der Waals surface area contributed by atoms with Gasteiger partial charge < -0.3 is 10.2 Å². The normalized spacial score (nSPS) is 24.0. The maximum atomic E-state index is 12.7. The van der Waals surface area contributed by atoms with Crippen LogP contribution in [0.25, 0.3) is 0 Å². The van der Waals surface area contributed by atoms with Crippen LogP contribution in [0.15, 0.2) is 0 Å². The van der Waals surface area contributed by atoms with Crippen molar-refractivity contribution in [1.29, 1.82) is 0 Å². The van der Waals surface area contributed by atoms with Gasteiger partial charge >= 0.3 is 0 Å². The van der Waals surface area contributed by atoms with Crippen LogP contribution in [0.3, 0.4) is 0 Å². The average Bonchev–Trinajstić information content (AvgIpc) is 2.28. The minimum absolute atomic E-state index is 0.00385. The number of carbonyl (C=O) groups excluding carboxylic acids is 2. The zero-order chi connectivity index (χ0) is 16.4. The molecule has 0 aromatic carbocycles. The third-order valence-corrected chi connectivity index (χ3v) is 3.94. The Kier molecular flexibility index (Phi) is 5.83. The molecule has 0 aliphatic carbocycles. The summed E-state index contributed by atoms with van der Waals surface area (Å²) in [5.41, 5.74) is 0.156. The summed E-state index contributed by atoms with van der Waals surface area (Å²) in [5, 5.41) is 2.93. The number of hydrogen-bond donors (Lipinski definition) is 1. The fourth-order valence-corrected chi connectivity index (χ4v) is 2.80. The van der Waals surface area contributed by atoms with Crippen LogP contribution in [0.5, 0.6) is 0 Å². The van der Waals surface area contributed by atoms with Gasteiger partial charge in [-0.1, -0.05) is 48.5 Å². The number of piperazine rings is 1. The van der Waals surface area contributed by atoms with Crippen molar-refractivity contribution < 1.29 is 9.59 Å². The van der Waals surface area contributed by atoms with Gasteiger partial charge in [0, 0.05) is 6.54 Å². The van der Waals surface area contributed by atoms with E-state index < -0.39 is 0 Å². The summed E-state index contributed by atoms with van der Waals surface area (Å²) in [7, 11) is 0. The first-order valence-electron chi connectivity index (χ1n) is 8.14. The number of rotatable bonds is 5. The van der Waals surface area contributed by atoms with Gasteiger partial charge in [-0.15, -0.1) is 0 Å². The zero-order valence-electron chi connectivity index (χ0n) is 14.7. The van der Waals surface area contributed by atoms with Crippen LogP contribution >= 0.6 is 0 Å². The van der Waals surface area contributed by atoms with E-state index >= 15 is 0 Å². The van der Waals surface area contributed by atoms with Crippen molar-refractivity contribution in [2.45, 2.75) is 73.4 Å². The summed E-state index contributed by atoms with van der Waals surface area (Å²) >= 11 is 0. The topological polar surface area (TPSA) is 49.4 Å². The lowest BCUT2D eigenvalue weighted by atomic mass is 9.89. The Labute approximate surface area is 129 Å². The monoisotopic (exact) mass is 296 g/mol. The van der Waals surface area contributed by atoms with Crippen LogP contribution in [-0.4, -0.2) is 35.3 Å². The molecule has 0 spiro atoms. The molecule has 0 bridgehead atoms. The van der Waals surface area contributed by atoms with E-state index in [-0.39, 0.29) is 35.2 Å². The first kappa shape index (κ1) is 18.0. The second-order valence-corrected chi connectivity index (χ2v) is 8.22. The molecule has 122 valence electrons. The van der Waals surface area contributed by atoms with Gasteiger partial charge in [0.05, 0.1) is 0 Å². The molecule has 2 atom stereocenters. The fourth-order valence-electron chi connectivity index (χ4n) is 2.80. The Morgan fingerprint density at radius 2 is 1.71 bits per heavy atom. The Hall–Kier alpha value is -1.06. The van der Waals surface area contributed by atoms with Gasteiger partial charge in [0.2, 0.25) is 11.8 Å². The Balaban J connectivity index is 2.92. The first-order valence-corrected chi connectivity index (χ1v) is 8.14. The zero-order valence-corrected chi connectivity index (χ0v) is 14.7. The molecule has 0 aromatic heterocycles. The first-order chi connectivity index (χ1) is 9.53. The van der Waals surface area contributed by atoms with Crippen LogP contribution in [-0.2, 0) is 9.59 Å². The largest absolute Gasteiger partial charge is 0.342 e. The van der Waals surface area contributed by atoms with E-state index in [2.05, 4.69) is 39.9 Å². The molecule has 21 heavy (non-hydrogen) atoms. The van der Waals surface area contributed by atoms with Crippen molar-refractivity contribution in [2.24, 2.45) is 17.3 Å². The van der Waals surface area contributed by atoms with Crippen molar-refractivity contribution in [3.05, 3.63) is 0 Å². The van der Waals surface area contributed by atoms with E-state index in [1.807, 2.05) is 18.7 Å². The minimum atomic E-state index is -0.354. The summed E-state index contributed by atoms with van der Waals surface area (Å²) in [6.45, 7) is 15.3.